The highest BCUT2D eigenvalue weighted by Crippen LogP contribution is 2.30. The molecule has 0 atom stereocenters. The van der Waals surface area contributed by atoms with Crippen molar-refractivity contribution in [2.24, 2.45) is 0 Å². The molecule has 0 amide bonds. The molecule has 142 valence electrons. The Hall–Kier alpha value is -3.21. The average molecular weight is 371 g/mol. The van der Waals surface area contributed by atoms with E-state index in [1.807, 2.05) is 58.0 Å². The maximum atomic E-state index is 4.92. The van der Waals surface area contributed by atoms with Crippen LogP contribution in [0.2, 0.25) is 0 Å². The highest BCUT2D eigenvalue weighted by molar-refractivity contribution is 5.65. The Bertz CT molecular complexity index is 1110. The highest BCUT2D eigenvalue weighted by atomic mass is 15.4. The lowest BCUT2D eigenvalue weighted by atomic mass is 10.1. The molecule has 2 heterocycles. The number of aryl methyl sites for hydroxylation is 1. The van der Waals surface area contributed by atoms with E-state index >= 15 is 0 Å². The number of hydrogen-bond acceptors (Lipinski definition) is 3. The van der Waals surface area contributed by atoms with E-state index in [0.717, 1.165) is 33.9 Å². The van der Waals surface area contributed by atoms with Gasteiger partial charge in [-0.2, -0.15) is 5.10 Å². The Balaban J connectivity index is 1.95. The Morgan fingerprint density at radius 1 is 0.857 bits per heavy atom. The van der Waals surface area contributed by atoms with Crippen molar-refractivity contribution in [2.45, 2.75) is 40.2 Å². The third-order valence-corrected chi connectivity index (χ3v) is 4.87. The normalized spacial score (nSPS) is 11.8. The molecule has 0 radical (unpaired) electrons. The summed E-state index contributed by atoms with van der Waals surface area (Å²) in [4.78, 5) is 4.92. The lowest BCUT2D eigenvalue weighted by Crippen LogP contribution is -2.24. The predicted molar refractivity (Wildman–Crippen MR) is 112 cm³/mol. The number of rotatable bonds is 3. The van der Waals surface area contributed by atoms with Crippen LogP contribution in [0.5, 0.6) is 0 Å². The first-order valence-electron chi connectivity index (χ1n) is 9.50. The Kier molecular flexibility index (Phi) is 4.38. The summed E-state index contributed by atoms with van der Waals surface area (Å²) in [6.07, 6.45) is 1.90. The van der Waals surface area contributed by atoms with E-state index < -0.39 is 0 Å². The highest BCUT2D eigenvalue weighted by Gasteiger charge is 2.23. The summed E-state index contributed by atoms with van der Waals surface area (Å²) in [6.45, 7) is 10.6. The van der Waals surface area contributed by atoms with Crippen LogP contribution in [0.25, 0.3) is 28.5 Å². The first kappa shape index (κ1) is 18.2. The van der Waals surface area contributed by atoms with Crippen molar-refractivity contribution >= 4 is 0 Å². The maximum absolute atomic E-state index is 4.92. The maximum Gasteiger partial charge on any atom is 0.182 e. The molecule has 0 saturated heterocycles. The van der Waals surface area contributed by atoms with Gasteiger partial charge in [0.25, 0.3) is 0 Å². The van der Waals surface area contributed by atoms with Crippen LogP contribution in [0, 0.1) is 13.8 Å². The molecule has 0 spiro atoms. The van der Waals surface area contributed by atoms with E-state index in [1.165, 1.54) is 0 Å². The molecule has 5 nitrogen and oxygen atoms in total. The first-order chi connectivity index (χ1) is 13.4. The van der Waals surface area contributed by atoms with E-state index in [0.29, 0.717) is 5.82 Å². The Labute approximate surface area is 165 Å². The summed E-state index contributed by atoms with van der Waals surface area (Å²) in [5.74, 6) is 1.52. The molecule has 4 aromatic rings. The standard InChI is InChI=1S/C23H25N5/c1-16-11-9-10-14-20(16)27-22(19-15-24-28(17(19)2)23(3,4)5)25-21(26-27)18-12-7-6-8-13-18/h6-15H,1-5H3. The van der Waals surface area contributed by atoms with Crippen LogP contribution in [-0.4, -0.2) is 24.5 Å². The van der Waals surface area contributed by atoms with Crippen molar-refractivity contribution in [3.63, 3.8) is 0 Å². The lowest BCUT2D eigenvalue weighted by molar-refractivity contribution is 0.348. The third kappa shape index (κ3) is 3.13. The van der Waals surface area contributed by atoms with Crippen molar-refractivity contribution in [2.75, 3.05) is 0 Å². The van der Waals surface area contributed by atoms with Gasteiger partial charge in [0.2, 0.25) is 0 Å². The van der Waals surface area contributed by atoms with Crippen molar-refractivity contribution in [3.8, 4) is 28.5 Å². The molecule has 0 aliphatic heterocycles. The van der Waals surface area contributed by atoms with Gasteiger partial charge in [-0.25, -0.2) is 9.67 Å². The fraction of sp³-hybridized carbons (Fsp3) is 0.261. The quantitative estimate of drug-likeness (QED) is 0.499. The van der Waals surface area contributed by atoms with E-state index in [9.17, 15) is 0 Å². The molecule has 0 bridgehead atoms. The molecule has 5 heteroatoms. The minimum atomic E-state index is -0.0991. The number of para-hydroxylation sites is 1. The fourth-order valence-electron chi connectivity index (χ4n) is 3.47. The van der Waals surface area contributed by atoms with Gasteiger partial charge in [-0.1, -0.05) is 48.5 Å². The molecule has 2 aromatic carbocycles. The zero-order valence-electron chi connectivity index (χ0n) is 17.0. The minimum Gasteiger partial charge on any atom is -0.264 e. The number of benzene rings is 2. The van der Waals surface area contributed by atoms with E-state index in [1.54, 1.807) is 0 Å². The molecule has 0 saturated carbocycles. The molecule has 0 N–H and O–H groups in total. The largest absolute Gasteiger partial charge is 0.264 e. The van der Waals surface area contributed by atoms with Crippen LogP contribution in [0.1, 0.15) is 32.0 Å². The molecule has 0 fully saturated rings. The van der Waals surface area contributed by atoms with Crippen LogP contribution in [0.4, 0.5) is 0 Å². The third-order valence-electron chi connectivity index (χ3n) is 4.87. The fourth-order valence-corrected chi connectivity index (χ4v) is 3.47. The molecular formula is C23H25N5. The zero-order chi connectivity index (χ0) is 19.9. The monoisotopic (exact) mass is 371 g/mol. The summed E-state index contributed by atoms with van der Waals surface area (Å²) < 4.78 is 3.98. The summed E-state index contributed by atoms with van der Waals surface area (Å²) >= 11 is 0. The van der Waals surface area contributed by atoms with E-state index in [-0.39, 0.29) is 5.54 Å². The minimum absolute atomic E-state index is 0.0991. The van der Waals surface area contributed by atoms with Crippen LogP contribution in [-0.2, 0) is 5.54 Å². The second-order valence-corrected chi connectivity index (χ2v) is 8.05. The second kappa shape index (κ2) is 6.75. The van der Waals surface area contributed by atoms with Gasteiger partial charge < -0.3 is 0 Å². The molecular weight excluding hydrogens is 346 g/mol. The summed E-state index contributed by atoms with van der Waals surface area (Å²) in [5.41, 5.74) is 5.14. The molecule has 0 unspecified atom stereocenters. The summed E-state index contributed by atoms with van der Waals surface area (Å²) in [5, 5.41) is 9.51. The van der Waals surface area contributed by atoms with Gasteiger partial charge in [0.1, 0.15) is 0 Å². The van der Waals surface area contributed by atoms with Crippen LogP contribution < -0.4 is 0 Å². The van der Waals surface area contributed by atoms with Crippen molar-refractivity contribution in [1.29, 1.82) is 0 Å². The first-order valence-corrected chi connectivity index (χ1v) is 9.50. The van der Waals surface area contributed by atoms with Gasteiger partial charge in [-0.15, -0.1) is 5.10 Å². The number of nitrogens with zero attached hydrogens (tertiary/aromatic N) is 5. The number of aromatic nitrogens is 5. The summed E-state index contributed by atoms with van der Waals surface area (Å²) in [6, 6.07) is 18.3. The van der Waals surface area contributed by atoms with Gasteiger partial charge >= 0.3 is 0 Å². The Morgan fingerprint density at radius 2 is 1.54 bits per heavy atom. The predicted octanol–water partition coefficient (Wildman–Crippen LogP) is 5.17. The van der Waals surface area contributed by atoms with Gasteiger partial charge in [0.15, 0.2) is 11.6 Å². The van der Waals surface area contributed by atoms with Crippen molar-refractivity contribution in [3.05, 3.63) is 72.1 Å². The SMILES string of the molecule is Cc1ccccc1-n1nc(-c2ccccc2)nc1-c1cnn(C(C)(C)C)c1C. The Morgan fingerprint density at radius 3 is 2.18 bits per heavy atom. The van der Waals surface area contributed by atoms with Gasteiger partial charge in [-0.05, 0) is 46.2 Å². The lowest BCUT2D eigenvalue weighted by Gasteiger charge is -2.21. The summed E-state index contributed by atoms with van der Waals surface area (Å²) in [7, 11) is 0. The number of hydrogen-bond donors (Lipinski definition) is 0. The molecule has 0 aliphatic rings. The molecule has 28 heavy (non-hydrogen) atoms. The van der Waals surface area contributed by atoms with Crippen molar-refractivity contribution < 1.29 is 0 Å². The van der Waals surface area contributed by atoms with Gasteiger partial charge in [0.05, 0.1) is 23.0 Å². The van der Waals surface area contributed by atoms with Gasteiger partial charge in [0, 0.05) is 11.3 Å². The van der Waals surface area contributed by atoms with Crippen LogP contribution in [0.3, 0.4) is 0 Å². The van der Waals surface area contributed by atoms with E-state index in [4.69, 9.17) is 10.1 Å². The smallest absolute Gasteiger partial charge is 0.182 e. The molecule has 0 aliphatic carbocycles. The van der Waals surface area contributed by atoms with Crippen molar-refractivity contribution in [1.82, 2.24) is 24.5 Å². The van der Waals surface area contributed by atoms with Crippen LogP contribution in [0.15, 0.2) is 60.8 Å². The zero-order valence-corrected chi connectivity index (χ0v) is 17.0. The molecule has 2 aromatic heterocycles. The topological polar surface area (TPSA) is 48.5 Å². The van der Waals surface area contributed by atoms with E-state index in [2.05, 4.69) is 51.9 Å². The average Bonchev–Trinajstić information content (AvgIpc) is 3.26. The molecule has 4 rings (SSSR count). The second-order valence-electron chi connectivity index (χ2n) is 8.05. The van der Waals surface area contributed by atoms with Crippen LogP contribution >= 0.6 is 0 Å². The van der Waals surface area contributed by atoms with Gasteiger partial charge in [-0.3, -0.25) is 4.68 Å².